The molecule has 1 aliphatic rings. The first-order valence-corrected chi connectivity index (χ1v) is 11.0. The number of benzene rings is 1. The molecule has 0 spiro atoms. The minimum atomic E-state index is -0.540. The summed E-state index contributed by atoms with van der Waals surface area (Å²) in [6.07, 6.45) is 1.22. The van der Waals surface area contributed by atoms with E-state index in [4.69, 9.17) is 4.74 Å². The summed E-state index contributed by atoms with van der Waals surface area (Å²) in [7, 11) is 0. The summed E-state index contributed by atoms with van der Waals surface area (Å²) in [5.41, 5.74) is 3.67. The molecule has 7 nitrogen and oxygen atoms in total. The summed E-state index contributed by atoms with van der Waals surface area (Å²) in [6.45, 7) is 11.7. The van der Waals surface area contributed by atoms with Crippen molar-refractivity contribution in [2.75, 3.05) is 13.1 Å². The molecule has 1 aliphatic heterocycles. The highest BCUT2D eigenvalue weighted by atomic mass is 16.6. The fraction of sp³-hybridized carbons (Fsp3) is 0.542. The van der Waals surface area contributed by atoms with E-state index < -0.39 is 5.60 Å². The third-order valence-corrected chi connectivity index (χ3v) is 5.59. The molecular formula is C24H34N4O3. The van der Waals surface area contributed by atoms with E-state index in [2.05, 4.69) is 22.5 Å². The van der Waals surface area contributed by atoms with Crippen LogP contribution in [-0.4, -0.2) is 45.4 Å². The average molecular weight is 427 g/mol. The van der Waals surface area contributed by atoms with Crippen molar-refractivity contribution in [3.63, 3.8) is 0 Å². The van der Waals surface area contributed by atoms with Gasteiger partial charge in [-0.3, -0.25) is 9.48 Å². The zero-order chi connectivity index (χ0) is 22.6. The molecule has 0 radical (unpaired) electrons. The number of piperidine rings is 1. The predicted molar refractivity (Wildman–Crippen MR) is 120 cm³/mol. The van der Waals surface area contributed by atoms with Gasteiger partial charge in [0.2, 0.25) is 5.91 Å². The van der Waals surface area contributed by atoms with Gasteiger partial charge in [-0.05, 0) is 53.0 Å². The molecule has 2 aromatic rings. The molecule has 1 fully saturated rings. The van der Waals surface area contributed by atoms with E-state index in [1.165, 1.54) is 5.56 Å². The van der Waals surface area contributed by atoms with Crippen LogP contribution >= 0.6 is 0 Å². The molecule has 1 saturated heterocycles. The summed E-state index contributed by atoms with van der Waals surface area (Å²) in [4.78, 5) is 26.8. The lowest BCUT2D eigenvalue weighted by Crippen LogP contribution is -2.46. The number of nitrogens with one attached hydrogen (secondary N) is 1. The van der Waals surface area contributed by atoms with Gasteiger partial charge in [-0.2, -0.15) is 5.10 Å². The molecule has 1 atom stereocenters. The Bertz CT molecular complexity index is 915. The molecule has 2 heterocycles. The second-order valence-electron chi connectivity index (χ2n) is 9.28. The van der Waals surface area contributed by atoms with E-state index in [0.29, 0.717) is 26.2 Å². The van der Waals surface area contributed by atoms with E-state index in [0.717, 1.165) is 29.8 Å². The van der Waals surface area contributed by atoms with Gasteiger partial charge in [0.1, 0.15) is 5.60 Å². The second-order valence-corrected chi connectivity index (χ2v) is 9.28. The molecular weight excluding hydrogens is 392 g/mol. The van der Waals surface area contributed by atoms with E-state index in [-0.39, 0.29) is 17.9 Å². The van der Waals surface area contributed by atoms with E-state index in [9.17, 15) is 9.59 Å². The van der Waals surface area contributed by atoms with Crippen molar-refractivity contribution < 1.29 is 14.3 Å². The first-order chi connectivity index (χ1) is 14.6. The first kappa shape index (κ1) is 22.8. The standard InChI is InChI=1S/C24H34N4O3/c1-17-21(18(2)28(26-17)15-19-10-7-6-8-11-19)14-25-22(29)20-12-9-13-27(16-20)23(30)31-24(3,4)5/h6-8,10-11,20H,9,12-16H2,1-5H3,(H,25,29)/t20-/m0/s1. The van der Waals surface area contributed by atoms with Crippen LogP contribution in [0, 0.1) is 19.8 Å². The zero-order valence-electron chi connectivity index (χ0n) is 19.3. The van der Waals surface area contributed by atoms with Crippen molar-refractivity contribution in [2.24, 2.45) is 5.92 Å². The quantitative estimate of drug-likeness (QED) is 0.789. The van der Waals surface area contributed by atoms with Gasteiger partial charge in [0.15, 0.2) is 0 Å². The van der Waals surface area contributed by atoms with E-state index in [1.807, 2.05) is 57.5 Å². The third-order valence-electron chi connectivity index (χ3n) is 5.59. The summed E-state index contributed by atoms with van der Waals surface area (Å²) >= 11 is 0. The van der Waals surface area contributed by atoms with Gasteiger partial charge in [-0.25, -0.2) is 4.79 Å². The number of carbonyl (C=O) groups excluding carboxylic acids is 2. The van der Waals surface area contributed by atoms with Crippen molar-refractivity contribution in [1.29, 1.82) is 0 Å². The number of likely N-dealkylation sites (tertiary alicyclic amines) is 1. The third kappa shape index (κ3) is 6.09. The topological polar surface area (TPSA) is 76.5 Å². The van der Waals surface area contributed by atoms with Crippen LogP contribution < -0.4 is 5.32 Å². The molecule has 168 valence electrons. The molecule has 1 N–H and O–H groups in total. The number of nitrogens with zero attached hydrogens (tertiary/aromatic N) is 3. The van der Waals surface area contributed by atoms with E-state index in [1.54, 1.807) is 4.90 Å². The second kappa shape index (κ2) is 9.54. The monoisotopic (exact) mass is 426 g/mol. The number of aromatic nitrogens is 2. The lowest BCUT2D eigenvalue weighted by molar-refractivity contribution is -0.126. The number of hydrogen-bond acceptors (Lipinski definition) is 4. The molecule has 0 bridgehead atoms. The number of ether oxygens (including phenoxy) is 1. The van der Waals surface area contributed by atoms with Crippen LogP contribution in [0.2, 0.25) is 0 Å². The molecule has 1 aromatic heterocycles. The molecule has 1 aromatic carbocycles. The Kier molecular flexibility index (Phi) is 7.03. The summed E-state index contributed by atoms with van der Waals surface area (Å²) in [5.74, 6) is -0.246. The Morgan fingerprint density at radius 1 is 1.19 bits per heavy atom. The van der Waals surface area contributed by atoms with Crippen molar-refractivity contribution in [1.82, 2.24) is 20.0 Å². The van der Waals surface area contributed by atoms with Crippen LogP contribution in [0.5, 0.6) is 0 Å². The minimum Gasteiger partial charge on any atom is -0.444 e. The lowest BCUT2D eigenvalue weighted by Gasteiger charge is -2.33. The largest absolute Gasteiger partial charge is 0.444 e. The molecule has 7 heteroatoms. The van der Waals surface area contributed by atoms with Crippen LogP contribution in [0.3, 0.4) is 0 Å². The van der Waals surface area contributed by atoms with Crippen LogP contribution in [-0.2, 0) is 22.6 Å². The molecule has 0 saturated carbocycles. The molecule has 31 heavy (non-hydrogen) atoms. The highest BCUT2D eigenvalue weighted by Gasteiger charge is 2.31. The van der Waals surface area contributed by atoms with Gasteiger partial charge in [-0.1, -0.05) is 30.3 Å². The smallest absolute Gasteiger partial charge is 0.410 e. The fourth-order valence-electron chi connectivity index (χ4n) is 3.90. The maximum atomic E-state index is 12.8. The highest BCUT2D eigenvalue weighted by Crippen LogP contribution is 2.20. The van der Waals surface area contributed by atoms with Crippen molar-refractivity contribution in [3.8, 4) is 0 Å². The zero-order valence-corrected chi connectivity index (χ0v) is 19.3. The van der Waals surface area contributed by atoms with Gasteiger partial charge in [0, 0.05) is 30.9 Å². The van der Waals surface area contributed by atoms with Gasteiger partial charge in [-0.15, -0.1) is 0 Å². The molecule has 0 unspecified atom stereocenters. The normalized spacial score (nSPS) is 16.8. The van der Waals surface area contributed by atoms with Crippen molar-refractivity contribution in [3.05, 3.63) is 52.8 Å². The summed E-state index contributed by atoms with van der Waals surface area (Å²) in [5, 5.41) is 7.73. The average Bonchev–Trinajstić information content (AvgIpc) is 2.98. The fourth-order valence-corrected chi connectivity index (χ4v) is 3.90. The number of amides is 2. The van der Waals surface area contributed by atoms with Crippen LogP contribution in [0.15, 0.2) is 30.3 Å². The van der Waals surface area contributed by atoms with Gasteiger partial charge in [0.25, 0.3) is 0 Å². The number of rotatable bonds is 5. The maximum absolute atomic E-state index is 12.8. The highest BCUT2D eigenvalue weighted by molar-refractivity contribution is 5.80. The SMILES string of the molecule is Cc1nn(Cc2ccccc2)c(C)c1CNC(=O)[C@H]1CCCN(C(=O)OC(C)(C)C)C1. The molecule has 3 rings (SSSR count). The van der Waals surface area contributed by atoms with Crippen LogP contribution in [0.1, 0.15) is 56.1 Å². The summed E-state index contributed by atoms with van der Waals surface area (Å²) < 4.78 is 7.44. The Hall–Kier alpha value is -2.83. The molecule has 0 aliphatic carbocycles. The van der Waals surface area contributed by atoms with Gasteiger partial charge < -0.3 is 15.0 Å². The Morgan fingerprint density at radius 3 is 2.58 bits per heavy atom. The Labute approximate surface area is 184 Å². The van der Waals surface area contributed by atoms with Gasteiger partial charge in [0.05, 0.1) is 18.2 Å². The summed E-state index contributed by atoms with van der Waals surface area (Å²) in [6, 6.07) is 10.2. The number of hydrogen-bond donors (Lipinski definition) is 1. The maximum Gasteiger partial charge on any atom is 0.410 e. The van der Waals surface area contributed by atoms with Crippen molar-refractivity contribution in [2.45, 2.75) is 66.2 Å². The van der Waals surface area contributed by atoms with Crippen molar-refractivity contribution >= 4 is 12.0 Å². The predicted octanol–water partition coefficient (Wildman–Crippen LogP) is 3.81. The molecule has 2 amide bonds. The number of carbonyl (C=O) groups is 2. The number of aryl methyl sites for hydroxylation is 1. The van der Waals surface area contributed by atoms with Gasteiger partial charge >= 0.3 is 6.09 Å². The first-order valence-electron chi connectivity index (χ1n) is 11.0. The Balaban J connectivity index is 1.58. The van der Waals surface area contributed by atoms with Crippen LogP contribution in [0.4, 0.5) is 4.79 Å². The van der Waals surface area contributed by atoms with E-state index >= 15 is 0 Å². The lowest BCUT2D eigenvalue weighted by atomic mass is 9.97. The Morgan fingerprint density at radius 2 is 1.90 bits per heavy atom. The van der Waals surface area contributed by atoms with Crippen LogP contribution in [0.25, 0.3) is 0 Å². The minimum absolute atomic E-state index is 0.0251.